The highest BCUT2D eigenvalue weighted by atomic mass is 32.2. The molecule has 0 unspecified atom stereocenters. The monoisotopic (exact) mass is 468 g/mol. The summed E-state index contributed by atoms with van der Waals surface area (Å²) in [6, 6.07) is 21.5. The second-order valence-electron chi connectivity index (χ2n) is 8.16. The molecule has 0 radical (unpaired) electrons. The molecule has 2 heterocycles. The molecule has 0 saturated carbocycles. The van der Waals surface area contributed by atoms with Gasteiger partial charge in [-0.2, -0.15) is 8.61 Å². The normalized spacial score (nSPS) is 17.5. The van der Waals surface area contributed by atoms with Crippen LogP contribution in [0.4, 0.5) is 0 Å². The molecule has 0 bridgehead atoms. The van der Waals surface area contributed by atoms with Crippen LogP contribution in [0.25, 0.3) is 0 Å². The Balaban J connectivity index is 1.50. The largest absolute Gasteiger partial charge is 0.244 e. The first kappa shape index (κ1) is 21.3. The number of sulfonamides is 2. The van der Waals surface area contributed by atoms with E-state index in [1.807, 2.05) is 48.5 Å². The standard InChI is InChI=1S/C24H24N2O4S2/c27-31(28,25-15-13-19-7-1-3-9-21(19)17-25)23-11-5-6-12-24(23)32(29,30)26-16-14-20-8-2-4-10-22(20)18-26/h1-12H,13-18H2. The summed E-state index contributed by atoms with van der Waals surface area (Å²) in [7, 11) is -7.98. The van der Waals surface area contributed by atoms with Crippen LogP contribution in [-0.4, -0.2) is 38.5 Å². The van der Waals surface area contributed by atoms with Crippen LogP contribution in [0.2, 0.25) is 0 Å². The molecule has 166 valence electrons. The summed E-state index contributed by atoms with van der Waals surface area (Å²) < 4.78 is 57.1. The van der Waals surface area contributed by atoms with Crippen molar-refractivity contribution in [3.8, 4) is 0 Å². The summed E-state index contributed by atoms with van der Waals surface area (Å²) in [5, 5.41) is 0. The summed E-state index contributed by atoms with van der Waals surface area (Å²) >= 11 is 0. The van der Waals surface area contributed by atoms with Crippen LogP contribution in [-0.2, 0) is 46.0 Å². The third-order valence-electron chi connectivity index (χ3n) is 6.28. The van der Waals surface area contributed by atoms with Crippen molar-refractivity contribution in [3.63, 3.8) is 0 Å². The second-order valence-corrected chi connectivity index (χ2v) is 12.0. The molecule has 2 aliphatic rings. The van der Waals surface area contributed by atoms with E-state index in [9.17, 15) is 16.8 Å². The molecule has 0 amide bonds. The Bertz CT molecular complexity index is 1280. The van der Waals surface area contributed by atoms with Gasteiger partial charge < -0.3 is 0 Å². The van der Waals surface area contributed by atoms with Gasteiger partial charge >= 0.3 is 0 Å². The van der Waals surface area contributed by atoms with E-state index in [4.69, 9.17) is 0 Å². The predicted octanol–water partition coefficient (Wildman–Crippen LogP) is 3.18. The van der Waals surface area contributed by atoms with Crippen molar-refractivity contribution in [1.82, 2.24) is 8.61 Å². The molecule has 0 N–H and O–H groups in total. The zero-order valence-electron chi connectivity index (χ0n) is 17.5. The molecular formula is C24H24N2O4S2. The lowest BCUT2D eigenvalue weighted by Gasteiger charge is -2.31. The lowest BCUT2D eigenvalue weighted by atomic mass is 10.0. The molecule has 0 spiro atoms. The van der Waals surface area contributed by atoms with E-state index < -0.39 is 20.0 Å². The molecule has 0 saturated heterocycles. The van der Waals surface area contributed by atoms with Crippen molar-refractivity contribution in [2.24, 2.45) is 0 Å². The van der Waals surface area contributed by atoms with Crippen molar-refractivity contribution in [2.75, 3.05) is 13.1 Å². The highest BCUT2D eigenvalue weighted by Gasteiger charge is 2.36. The quantitative estimate of drug-likeness (QED) is 0.590. The van der Waals surface area contributed by atoms with Gasteiger partial charge in [-0.05, 0) is 47.2 Å². The fourth-order valence-electron chi connectivity index (χ4n) is 4.50. The van der Waals surface area contributed by atoms with Crippen LogP contribution in [0.15, 0.2) is 82.6 Å². The zero-order valence-corrected chi connectivity index (χ0v) is 19.1. The van der Waals surface area contributed by atoms with Gasteiger partial charge in [0.25, 0.3) is 0 Å². The third kappa shape index (κ3) is 3.67. The lowest BCUT2D eigenvalue weighted by Crippen LogP contribution is -2.39. The van der Waals surface area contributed by atoms with Gasteiger partial charge in [-0.1, -0.05) is 60.7 Å². The van der Waals surface area contributed by atoms with Crippen LogP contribution in [0.5, 0.6) is 0 Å². The van der Waals surface area contributed by atoms with Gasteiger partial charge in [-0.3, -0.25) is 0 Å². The summed E-state index contributed by atoms with van der Waals surface area (Å²) in [5.41, 5.74) is 4.17. The molecule has 32 heavy (non-hydrogen) atoms. The van der Waals surface area contributed by atoms with Gasteiger partial charge in [-0.15, -0.1) is 0 Å². The maximum atomic E-state index is 13.6. The fourth-order valence-corrected chi connectivity index (χ4v) is 8.12. The topological polar surface area (TPSA) is 74.8 Å². The average molecular weight is 469 g/mol. The predicted molar refractivity (Wildman–Crippen MR) is 122 cm³/mol. The number of nitrogens with zero attached hydrogens (tertiary/aromatic N) is 2. The SMILES string of the molecule is O=S(=O)(c1ccccc1S(=O)(=O)N1CCc2ccccc2C1)N1CCc2ccccc2C1. The molecule has 8 heteroatoms. The van der Waals surface area contributed by atoms with Crippen LogP contribution in [0.3, 0.4) is 0 Å². The van der Waals surface area contributed by atoms with E-state index in [-0.39, 0.29) is 22.9 Å². The number of benzene rings is 3. The maximum Gasteiger partial charge on any atom is 0.244 e. The van der Waals surface area contributed by atoms with E-state index >= 15 is 0 Å². The van der Waals surface area contributed by atoms with E-state index in [0.717, 1.165) is 22.3 Å². The van der Waals surface area contributed by atoms with E-state index in [2.05, 4.69) is 0 Å². The second kappa shape index (κ2) is 8.12. The zero-order chi connectivity index (χ0) is 22.3. The molecule has 3 aromatic carbocycles. The molecule has 0 aliphatic carbocycles. The first-order valence-corrected chi connectivity index (χ1v) is 13.5. The van der Waals surface area contributed by atoms with Crippen LogP contribution >= 0.6 is 0 Å². The summed E-state index contributed by atoms with van der Waals surface area (Å²) in [4.78, 5) is -0.309. The van der Waals surface area contributed by atoms with Crippen molar-refractivity contribution < 1.29 is 16.8 Å². The highest BCUT2D eigenvalue weighted by molar-refractivity contribution is 7.92. The van der Waals surface area contributed by atoms with Gasteiger partial charge in [0, 0.05) is 26.2 Å². The summed E-state index contributed by atoms with van der Waals surface area (Å²) in [6.07, 6.45) is 1.21. The summed E-state index contributed by atoms with van der Waals surface area (Å²) in [6.45, 7) is 1.13. The Hall–Kier alpha value is -2.52. The number of fused-ring (bicyclic) bond motifs is 2. The molecule has 0 fully saturated rings. The Morgan fingerprint density at radius 3 is 1.25 bits per heavy atom. The van der Waals surface area contributed by atoms with Crippen LogP contribution in [0.1, 0.15) is 22.3 Å². The molecule has 6 nitrogen and oxygen atoms in total. The minimum absolute atomic E-state index is 0.154. The average Bonchev–Trinajstić information content (AvgIpc) is 2.83. The van der Waals surface area contributed by atoms with Gasteiger partial charge in [0.2, 0.25) is 20.0 Å². The minimum Gasteiger partial charge on any atom is -0.207 e. The van der Waals surface area contributed by atoms with Gasteiger partial charge in [-0.25, -0.2) is 16.8 Å². The van der Waals surface area contributed by atoms with Crippen molar-refractivity contribution >= 4 is 20.0 Å². The fraction of sp³-hybridized carbons (Fsp3) is 0.250. The highest BCUT2D eigenvalue weighted by Crippen LogP contribution is 2.32. The molecule has 2 aliphatic heterocycles. The van der Waals surface area contributed by atoms with Gasteiger partial charge in [0.15, 0.2) is 0 Å². The molecule has 0 aromatic heterocycles. The lowest BCUT2D eigenvalue weighted by molar-refractivity contribution is 0.383. The first-order valence-electron chi connectivity index (χ1n) is 10.6. The van der Waals surface area contributed by atoms with E-state index in [1.165, 1.54) is 20.7 Å². The molecule has 0 atom stereocenters. The first-order chi connectivity index (χ1) is 15.4. The van der Waals surface area contributed by atoms with Gasteiger partial charge in [0.05, 0.1) is 0 Å². The third-order valence-corrected chi connectivity index (χ3v) is 10.2. The van der Waals surface area contributed by atoms with E-state index in [1.54, 1.807) is 12.1 Å². The minimum atomic E-state index is -3.99. The Morgan fingerprint density at radius 2 is 0.844 bits per heavy atom. The molecule has 3 aromatic rings. The summed E-state index contributed by atoms with van der Waals surface area (Å²) in [5.74, 6) is 0. The van der Waals surface area contributed by atoms with Gasteiger partial charge in [0.1, 0.15) is 9.79 Å². The Kier molecular flexibility index (Phi) is 5.41. The molecular weight excluding hydrogens is 444 g/mol. The number of hydrogen-bond donors (Lipinski definition) is 0. The Labute approximate surface area is 189 Å². The van der Waals surface area contributed by atoms with Crippen LogP contribution < -0.4 is 0 Å². The Morgan fingerprint density at radius 1 is 0.500 bits per heavy atom. The van der Waals surface area contributed by atoms with Crippen molar-refractivity contribution in [1.29, 1.82) is 0 Å². The number of rotatable bonds is 4. The number of hydrogen-bond acceptors (Lipinski definition) is 4. The van der Waals surface area contributed by atoms with E-state index in [0.29, 0.717) is 25.9 Å². The van der Waals surface area contributed by atoms with Crippen LogP contribution in [0, 0.1) is 0 Å². The molecule has 5 rings (SSSR count). The smallest absolute Gasteiger partial charge is 0.207 e. The maximum absolute atomic E-state index is 13.6. The van der Waals surface area contributed by atoms with Crippen molar-refractivity contribution in [2.45, 2.75) is 35.7 Å². The van der Waals surface area contributed by atoms with Crippen molar-refractivity contribution in [3.05, 3.63) is 95.1 Å².